The monoisotopic (exact) mass is 364 g/mol. The van der Waals surface area contributed by atoms with Crippen molar-refractivity contribution in [1.29, 1.82) is 0 Å². The maximum atomic E-state index is 11.9. The molecule has 2 rings (SSSR count). The maximum absolute atomic E-state index is 11.9. The topological polar surface area (TPSA) is 97.2 Å². The van der Waals surface area contributed by atoms with E-state index in [1.807, 2.05) is 0 Å². The van der Waals surface area contributed by atoms with Crippen LogP contribution in [0.4, 0.5) is 10.8 Å². The van der Waals surface area contributed by atoms with E-state index in [4.69, 9.17) is 12.2 Å². The third kappa shape index (κ3) is 4.56. The van der Waals surface area contributed by atoms with Gasteiger partial charge < -0.3 is 10.6 Å². The molecule has 0 saturated heterocycles. The Balaban J connectivity index is 2.08. The fourth-order valence-corrected chi connectivity index (χ4v) is 2.64. The Morgan fingerprint density at radius 1 is 1.38 bits per heavy atom. The third-order valence-corrected chi connectivity index (χ3v) is 3.95. The van der Waals surface area contributed by atoms with Gasteiger partial charge in [-0.3, -0.25) is 14.9 Å². The Morgan fingerprint density at radius 3 is 2.71 bits per heavy atom. The Kier molecular flexibility index (Phi) is 5.25. The lowest BCUT2D eigenvalue weighted by Crippen LogP contribution is -2.41. The van der Waals surface area contributed by atoms with Gasteiger partial charge in [0, 0.05) is 28.5 Å². The predicted molar refractivity (Wildman–Crippen MR) is 98.0 cm³/mol. The summed E-state index contributed by atoms with van der Waals surface area (Å²) >= 11 is 6.39. The van der Waals surface area contributed by atoms with Gasteiger partial charge in [0.15, 0.2) is 10.2 Å². The van der Waals surface area contributed by atoms with E-state index in [9.17, 15) is 14.9 Å². The Labute approximate surface area is 148 Å². The van der Waals surface area contributed by atoms with Gasteiger partial charge in [0.1, 0.15) is 0 Å². The van der Waals surface area contributed by atoms with E-state index < -0.39 is 10.3 Å². The zero-order chi connectivity index (χ0) is 17.9. The number of nitro benzene ring substituents is 1. The van der Waals surface area contributed by atoms with Gasteiger partial charge >= 0.3 is 0 Å². The maximum Gasteiger partial charge on any atom is 0.270 e. The lowest BCUT2D eigenvalue weighted by Gasteiger charge is -2.17. The fraction of sp³-hybridized carbons (Fsp3) is 0.267. The van der Waals surface area contributed by atoms with Crippen LogP contribution in [0.5, 0.6) is 0 Å². The molecule has 0 atom stereocenters. The quantitative estimate of drug-likeness (QED) is 0.491. The number of aromatic nitrogens is 1. The smallest absolute Gasteiger partial charge is 0.270 e. The van der Waals surface area contributed by atoms with Gasteiger partial charge in [0.05, 0.1) is 10.6 Å². The summed E-state index contributed by atoms with van der Waals surface area (Å²) in [6.07, 6.45) is 0. The van der Waals surface area contributed by atoms with Crippen molar-refractivity contribution in [2.24, 2.45) is 5.41 Å². The van der Waals surface area contributed by atoms with E-state index in [0.29, 0.717) is 16.4 Å². The molecule has 0 aliphatic heterocycles. The Hall–Kier alpha value is -2.39. The molecule has 0 bridgehead atoms. The summed E-state index contributed by atoms with van der Waals surface area (Å²) < 4.78 is 0. The molecule has 0 radical (unpaired) electrons. The number of nitrogens with zero attached hydrogens (tertiary/aromatic N) is 2. The second kappa shape index (κ2) is 7.02. The fourth-order valence-electron chi connectivity index (χ4n) is 1.66. The number of non-ortho nitro benzene ring substituents is 1. The summed E-state index contributed by atoms with van der Waals surface area (Å²) in [6, 6.07) is 6.23. The van der Waals surface area contributed by atoms with Crippen molar-refractivity contribution in [3.63, 3.8) is 0 Å². The van der Waals surface area contributed by atoms with E-state index in [0.717, 1.165) is 0 Å². The second-order valence-corrected chi connectivity index (χ2v) is 7.27. The van der Waals surface area contributed by atoms with Crippen LogP contribution in [-0.2, 0) is 4.79 Å². The molecule has 1 heterocycles. The highest BCUT2D eigenvalue weighted by molar-refractivity contribution is 7.80. The van der Waals surface area contributed by atoms with Gasteiger partial charge in [-0.2, -0.15) is 0 Å². The number of thiocarbonyl (C=S) groups is 1. The molecule has 0 spiro atoms. The van der Waals surface area contributed by atoms with Crippen LogP contribution in [0.2, 0.25) is 0 Å². The summed E-state index contributed by atoms with van der Waals surface area (Å²) in [6.45, 7) is 5.36. The molecular weight excluding hydrogens is 348 g/mol. The molecule has 2 aromatic rings. The van der Waals surface area contributed by atoms with Crippen molar-refractivity contribution in [3.05, 3.63) is 39.8 Å². The first-order valence-corrected chi connectivity index (χ1v) is 8.28. The molecule has 2 N–H and O–H groups in total. The molecule has 24 heavy (non-hydrogen) atoms. The van der Waals surface area contributed by atoms with Crippen LogP contribution in [-0.4, -0.2) is 20.9 Å². The number of hydrogen-bond donors (Lipinski definition) is 2. The van der Waals surface area contributed by atoms with Crippen LogP contribution < -0.4 is 10.6 Å². The summed E-state index contributed by atoms with van der Waals surface area (Å²) in [7, 11) is 0. The number of carbonyl (C=O) groups is 1. The van der Waals surface area contributed by atoms with E-state index >= 15 is 0 Å². The van der Waals surface area contributed by atoms with Crippen molar-refractivity contribution in [2.75, 3.05) is 5.32 Å². The molecule has 0 aliphatic carbocycles. The van der Waals surface area contributed by atoms with Crippen molar-refractivity contribution in [3.8, 4) is 11.3 Å². The first-order chi connectivity index (χ1) is 11.2. The zero-order valence-electron chi connectivity index (χ0n) is 13.3. The predicted octanol–water partition coefficient (Wildman–Crippen LogP) is 3.58. The minimum atomic E-state index is -0.553. The molecule has 1 aromatic carbocycles. The summed E-state index contributed by atoms with van der Waals surface area (Å²) in [5, 5.41) is 18.7. The largest absolute Gasteiger partial charge is 0.308 e. The van der Waals surface area contributed by atoms with Crippen LogP contribution in [0.15, 0.2) is 29.6 Å². The van der Waals surface area contributed by atoms with Crippen LogP contribution in [0, 0.1) is 15.5 Å². The molecule has 0 unspecified atom stereocenters. The van der Waals surface area contributed by atoms with E-state index in [-0.39, 0.29) is 16.7 Å². The van der Waals surface area contributed by atoms with Crippen molar-refractivity contribution in [1.82, 2.24) is 10.3 Å². The minimum absolute atomic E-state index is 0.00275. The molecule has 1 aromatic heterocycles. The minimum Gasteiger partial charge on any atom is -0.308 e. The molecule has 1 amide bonds. The molecular formula is C15H16N4O3S2. The number of hydrogen-bond acceptors (Lipinski definition) is 6. The van der Waals surface area contributed by atoms with Gasteiger partial charge in [-0.05, 0) is 12.2 Å². The number of thiazole rings is 1. The number of rotatable bonds is 3. The summed E-state index contributed by atoms with van der Waals surface area (Å²) in [5.74, 6) is -0.199. The SMILES string of the molecule is CC(C)(C)C(=O)NC(=S)Nc1nc(-c2cccc([N+](=O)[O-])c2)cs1. The van der Waals surface area contributed by atoms with Crippen LogP contribution >= 0.6 is 23.6 Å². The average Bonchev–Trinajstić information content (AvgIpc) is 2.94. The third-order valence-electron chi connectivity index (χ3n) is 2.99. The standard InChI is InChI=1S/C15H16N4O3S2/c1-15(2,3)12(20)17-13(23)18-14-16-11(8-24-14)9-5-4-6-10(7-9)19(21)22/h4-8H,1-3H3,(H2,16,17,18,20,23). The normalized spacial score (nSPS) is 11.0. The van der Waals surface area contributed by atoms with E-state index in [1.165, 1.54) is 23.5 Å². The molecule has 9 heteroatoms. The Bertz CT molecular complexity index is 796. The molecule has 0 saturated carbocycles. The van der Waals surface area contributed by atoms with Gasteiger partial charge in [-0.1, -0.05) is 32.9 Å². The van der Waals surface area contributed by atoms with E-state index in [2.05, 4.69) is 15.6 Å². The zero-order valence-corrected chi connectivity index (χ0v) is 15.0. The second-order valence-electron chi connectivity index (χ2n) is 6.00. The first kappa shape index (κ1) is 18.0. The van der Waals surface area contributed by atoms with Gasteiger partial charge in [-0.25, -0.2) is 4.98 Å². The first-order valence-electron chi connectivity index (χ1n) is 6.99. The van der Waals surface area contributed by atoms with Gasteiger partial charge in [0.25, 0.3) is 5.69 Å². The summed E-state index contributed by atoms with van der Waals surface area (Å²) in [5.41, 5.74) is 0.681. The lowest BCUT2D eigenvalue weighted by molar-refractivity contribution is -0.384. The highest BCUT2D eigenvalue weighted by atomic mass is 32.1. The number of nitro groups is 1. The Morgan fingerprint density at radius 2 is 2.08 bits per heavy atom. The van der Waals surface area contributed by atoms with Crippen molar-refractivity contribution >= 4 is 45.4 Å². The van der Waals surface area contributed by atoms with Gasteiger partial charge in [0.2, 0.25) is 5.91 Å². The highest BCUT2D eigenvalue weighted by Gasteiger charge is 2.22. The number of amides is 1. The average molecular weight is 364 g/mol. The number of benzene rings is 1. The summed E-state index contributed by atoms with van der Waals surface area (Å²) in [4.78, 5) is 26.6. The van der Waals surface area contributed by atoms with Crippen molar-refractivity contribution in [2.45, 2.75) is 20.8 Å². The molecule has 0 aliphatic rings. The highest BCUT2D eigenvalue weighted by Crippen LogP contribution is 2.27. The van der Waals surface area contributed by atoms with Crippen LogP contribution in [0.25, 0.3) is 11.3 Å². The van der Waals surface area contributed by atoms with Crippen LogP contribution in [0.3, 0.4) is 0 Å². The lowest BCUT2D eigenvalue weighted by atomic mass is 9.96. The number of anilines is 1. The molecule has 7 nitrogen and oxygen atoms in total. The molecule has 126 valence electrons. The van der Waals surface area contributed by atoms with Gasteiger partial charge in [-0.15, -0.1) is 11.3 Å². The van der Waals surface area contributed by atoms with Crippen LogP contribution in [0.1, 0.15) is 20.8 Å². The number of nitrogens with one attached hydrogen (secondary N) is 2. The number of carbonyl (C=O) groups excluding carboxylic acids is 1. The molecule has 0 fully saturated rings. The van der Waals surface area contributed by atoms with E-state index in [1.54, 1.807) is 38.3 Å². The van der Waals surface area contributed by atoms with Crippen molar-refractivity contribution < 1.29 is 9.72 Å².